The Hall–Kier alpha value is -3.89. The Kier molecular flexibility index (Phi) is 6.53. The second-order valence-electron chi connectivity index (χ2n) is 8.07. The minimum atomic E-state index is -3.88. The summed E-state index contributed by atoms with van der Waals surface area (Å²) >= 11 is 0. The number of amides is 1. The maximum absolute atomic E-state index is 12.7. The van der Waals surface area contributed by atoms with Gasteiger partial charge in [0.05, 0.1) is 22.0 Å². The lowest BCUT2D eigenvalue weighted by atomic mass is 10.1. The van der Waals surface area contributed by atoms with Crippen molar-refractivity contribution in [3.63, 3.8) is 0 Å². The number of carbonyl (C=O) groups excluding carboxylic acids is 1. The molecule has 1 atom stereocenters. The number of sulfonamides is 1. The zero-order chi connectivity index (χ0) is 24.3. The van der Waals surface area contributed by atoms with Gasteiger partial charge in [0.15, 0.2) is 0 Å². The van der Waals surface area contributed by atoms with E-state index in [0.29, 0.717) is 28.8 Å². The number of likely N-dealkylation sites (N-methyl/N-ethyl adjacent to an activating group) is 1. The van der Waals surface area contributed by atoms with E-state index in [1.807, 2.05) is 49.3 Å². The molecule has 34 heavy (non-hydrogen) atoms. The second kappa shape index (κ2) is 9.54. The molecule has 10 heteroatoms. The number of anilines is 1. The fourth-order valence-electron chi connectivity index (χ4n) is 3.65. The van der Waals surface area contributed by atoms with Gasteiger partial charge in [-0.1, -0.05) is 30.3 Å². The molecular formula is C24H25N5O4S. The SMILES string of the molecule is CN(C)C(CNC(=O)c1ccc(NS(=O)(=O)c2ccc3[nH]c(=O)[nH]c3c2)cc1)c1ccccc1. The standard InChI is InChI=1S/C24H25N5O4S/c1-29(2)22(16-6-4-3-5-7-16)15-25-23(30)17-8-10-18(11-9-17)28-34(32,33)19-12-13-20-21(14-19)27-24(31)26-20/h3-14,22,28H,15H2,1-2H3,(H,25,30)(H2,26,27,31). The highest BCUT2D eigenvalue weighted by Gasteiger charge is 2.17. The molecule has 0 fully saturated rings. The van der Waals surface area contributed by atoms with Gasteiger partial charge in [-0.15, -0.1) is 0 Å². The van der Waals surface area contributed by atoms with Gasteiger partial charge in [0, 0.05) is 17.8 Å². The largest absolute Gasteiger partial charge is 0.350 e. The number of fused-ring (bicyclic) bond motifs is 1. The molecule has 0 aliphatic rings. The van der Waals surface area contributed by atoms with Crippen molar-refractivity contribution in [3.05, 3.63) is 94.4 Å². The summed E-state index contributed by atoms with van der Waals surface area (Å²) in [5.41, 5.74) is 2.33. The van der Waals surface area contributed by atoms with E-state index in [-0.39, 0.29) is 16.8 Å². The number of imidazole rings is 1. The van der Waals surface area contributed by atoms with Gasteiger partial charge in [0.1, 0.15) is 0 Å². The molecule has 0 bridgehead atoms. The molecule has 1 unspecified atom stereocenters. The molecule has 1 heterocycles. The number of aromatic nitrogens is 2. The molecule has 1 aromatic heterocycles. The highest BCUT2D eigenvalue weighted by molar-refractivity contribution is 7.92. The Morgan fingerprint density at radius 2 is 1.62 bits per heavy atom. The van der Waals surface area contributed by atoms with Crippen LogP contribution >= 0.6 is 0 Å². The van der Waals surface area contributed by atoms with Crippen LogP contribution in [0.1, 0.15) is 22.0 Å². The van der Waals surface area contributed by atoms with Crippen LogP contribution in [-0.4, -0.2) is 49.8 Å². The first-order valence-corrected chi connectivity index (χ1v) is 12.1. The molecular weight excluding hydrogens is 454 g/mol. The van der Waals surface area contributed by atoms with Crippen molar-refractivity contribution >= 4 is 32.7 Å². The topological polar surface area (TPSA) is 127 Å². The van der Waals surface area contributed by atoms with Crippen LogP contribution in [0.5, 0.6) is 0 Å². The van der Waals surface area contributed by atoms with E-state index in [1.54, 1.807) is 12.1 Å². The second-order valence-corrected chi connectivity index (χ2v) is 9.75. The maximum atomic E-state index is 12.7. The molecule has 0 saturated heterocycles. The van der Waals surface area contributed by atoms with E-state index < -0.39 is 15.7 Å². The van der Waals surface area contributed by atoms with Crippen molar-refractivity contribution < 1.29 is 13.2 Å². The van der Waals surface area contributed by atoms with Crippen molar-refractivity contribution in [1.82, 2.24) is 20.2 Å². The average molecular weight is 480 g/mol. The molecule has 4 rings (SSSR count). The molecule has 0 spiro atoms. The van der Waals surface area contributed by atoms with E-state index in [9.17, 15) is 18.0 Å². The molecule has 0 aliphatic heterocycles. The van der Waals surface area contributed by atoms with Gasteiger partial charge in [0.25, 0.3) is 15.9 Å². The van der Waals surface area contributed by atoms with Gasteiger partial charge < -0.3 is 20.2 Å². The number of aromatic amines is 2. The maximum Gasteiger partial charge on any atom is 0.323 e. The molecule has 1 amide bonds. The summed E-state index contributed by atoms with van der Waals surface area (Å²) < 4.78 is 28.0. The zero-order valence-corrected chi connectivity index (χ0v) is 19.5. The minimum absolute atomic E-state index is 0.00714. The highest BCUT2D eigenvalue weighted by Crippen LogP contribution is 2.20. The summed E-state index contributed by atoms with van der Waals surface area (Å²) in [5.74, 6) is -0.251. The molecule has 3 aromatic carbocycles. The monoisotopic (exact) mass is 479 g/mol. The van der Waals surface area contributed by atoms with Crippen LogP contribution in [0.15, 0.2) is 82.5 Å². The van der Waals surface area contributed by atoms with E-state index in [1.165, 1.54) is 30.3 Å². The summed E-state index contributed by atoms with van der Waals surface area (Å²) in [5, 5.41) is 2.94. The molecule has 4 aromatic rings. The molecule has 176 valence electrons. The highest BCUT2D eigenvalue weighted by atomic mass is 32.2. The Morgan fingerprint density at radius 3 is 2.29 bits per heavy atom. The van der Waals surface area contributed by atoms with Gasteiger partial charge in [-0.3, -0.25) is 9.52 Å². The fourth-order valence-corrected chi connectivity index (χ4v) is 4.73. The van der Waals surface area contributed by atoms with Crippen molar-refractivity contribution in [1.29, 1.82) is 0 Å². The minimum Gasteiger partial charge on any atom is -0.350 e. The van der Waals surface area contributed by atoms with E-state index in [0.717, 1.165) is 5.56 Å². The Morgan fingerprint density at radius 1 is 0.941 bits per heavy atom. The number of benzene rings is 3. The van der Waals surface area contributed by atoms with Crippen molar-refractivity contribution in [2.24, 2.45) is 0 Å². The van der Waals surface area contributed by atoms with Crippen molar-refractivity contribution in [2.75, 3.05) is 25.4 Å². The third kappa shape index (κ3) is 5.19. The Balaban J connectivity index is 1.42. The Bertz CT molecular complexity index is 1460. The van der Waals surface area contributed by atoms with Gasteiger partial charge in [-0.2, -0.15) is 0 Å². The van der Waals surface area contributed by atoms with Gasteiger partial charge >= 0.3 is 5.69 Å². The molecule has 0 aliphatic carbocycles. The number of hydrogen-bond donors (Lipinski definition) is 4. The van der Waals surface area contributed by atoms with Crippen LogP contribution in [0.4, 0.5) is 5.69 Å². The number of rotatable bonds is 8. The molecule has 4 N–H and O–H groups in total. The van der Waals surface area contributed by atoms with E-state index >= 15 is 0 Å². The molecule has 0 radical (unpaired) electrons. The van der Waals surface area contributed by atoms with Crippen LogP contribution in [-0.2, 0) is 10.0 Å². The third-order valence-corrected chi connectivity index (χ3v) is 6.84. The van der Waals surface area contributed by atoms with Crippen molar-refractivity contribution in [3.8, 4) is 0 Å². The molecule has 0 saturated carbocycles. The smallest absolute Gasteiger partial charge is 0.323 e. The lowest BCUT2D eigenvalue weighted by Crippen LogP contribution is -2.34. The van der Waals surface area contributed by atoms with Crippen LogP contribution < -0.4 is 15.7 Å². The number of H-pyrrole nitrogens is 2. The first kappa shape index (κ1) is 23.3. The lowest BCUT2D eigenvalue weighted by molar-refractivity contribution is 0.0942. The van der Waals surface area contributed by atoms with E-state index in [2.05, 4.69) is 20.0 Å². The van der Waals surface area contributed by atoms with Crippen LogP contribution in [0.25, 0.3) is 11.0 Å². The summed E-state index contributed by atoms with van der Waals surface area (Å²) in [6.45, 7) is 0.425. The van der Waals surface area contributed by atoms with Crippen molar-refractivity contribution in [2.45, 2.75) is 10.9 Å². The van der Waals surface area contributed by atoms with Crippen LogP contribution in [0.3, 0.4) is 0 Å². The third-order valence-electron chi connectivity index (χ3n) is 5.46. The van der Waals surface area contributed by atoms with Gasteiger partial charge in [0.2, 0.25) is 0 Å². The summed E-state index contributed by atoms with van der Waals surface area (Å²) in [7, 11) is 0.0268. The van der Waals surface area contributed by atoms with Crippen LogP contribution in [0, 0.1) is 0 Å². The van der Waals surface area contributed by atoms with Gasteiger partial charge in [-0.05, 0) is 62.1 Å². The van der Waals surface area contributed by atoms with Gasteiger partial charge in [-0.25, -0.2) is 13.2 Å². The molecule has 9 nitrogen and oxygen atoms in total. The fraction of sp³-hybridized carbons (Fsp3) is 0.167. The average Bonchev–Trinajstić information content (AvgIpc) is 3.19. The van der Waals surface area contributed by atoms with Crippen LogP contribution in [0.2, 0.25) is 0 Å². The quantitative estimate of drug-likeness (QED) is 0.309. The summed E-state index contributed by atoms with van der Waals surface area (Å²) in [4.78, 5) is 31.2. The Labute approximate surface area is 196 Å². The summed E-state index contributed by atoms with van der Waals surface area (Å²) in [6, 6.07) is 20.4. The lowest BCUT2D eigenvalue weighted by Gasteiger charge is -2.25. The first-order valence-electron chi connectivity index (χ1n) is 10.6. The van der Waals surface area contributed by atoms with E-state index in [4.69, 9.17) is 0 Å². The number of nitrogens with one attached hydrogen (secondary N) is 4. The zero-order valence-electron chi connectivity index (χ0n) is 18.7. The normalized spacial score (nSPS) is 12.6. The predicted molar refractivity (Wildman–Crippen MR) is 131 cm³/mol. The first-order chi connectivity index (χ1) is 16.2. The number of hydrogen-bond acceptors (Lipinski definition) is 5. The number of carbonyl (C=O) groups is 1. The number of nitrogens with zero attached hydrogens (tertiary/aromatic N) is 1. The predicted octanol–water partition coefficient (Wildman–Crippen LogP) is 2.69. The summed E-state index contributed by atoms with van der Waals surface area (Å²) in [6.07, 6.45) is 0.